The molecule has 1 aromatic carbocycles. The van der Waals surface area contributed by atoms with Gasteiger partial charge in [0.25, 0.3) is 5.56 Å². The average Bonchev–Trinajstić information content (AvgIpc) is 3.41. The van der Waals surface area contributed by atoms with Gasteiger partial charge < -0.3 is 5.73 Å². The van der Waals surface area contributed by atoms with Crippen molar-refractivity contribution < 1.29 is 9.59 Å². The molecule has 164 valence electrons. The molecule has 3 heterocycles. The van der Waals surface area contributed by atoms with Gasteiger partial charge >= 0.3 is 6.03 Å². The number of carbonyl (C=O) groups excluding carboxylic acids is 2. The molecule has 0 aliphatic carbocycles. The van der Waals surface area contributed by atoms with E-state index in [1.807, 2.05) is 67.1 Å². The van der Waals surface area contributed by atoms with Gasteiger partial charge in [-0.1, -0.05) is 49.9 Å². The molecule has 0 radical (unpaired) electrons. The predicted molar refractivity (Wildman–Crippen MR) is 131 cm³/mol. The molecule has 0 saturated heterocycles. The van der Waals surface area contributed by atoms with E-state index in [1.165, 1.54) is 15.9 Å². The maximum Gasteiger partial charge on any atom is 0.318 e. The van der Waals surface area contributed by atoms with Crippen LogP contribution in [0, 0.1) is 5.92 Å². The Bertz CT molecular complexity index is 1330. The Morgan fingerprint density at radius 3 is 2.50 bits per heavy atom. The molecule has 0 saturated carbocycles. The van der Waals surface area contributed by atoms with Crippen molar-refractivity contribution in [3.05, 3.63) is 63.6 Å². The fourth-order valence-corrected chi connectivity index (χ4v) is 6.18. The molecule has 3 N–H and O–H groups in total. The zero-order chi connectivity index (χ0) is 22.8. The average molecular weight is 485 g/mol. The number of nitrogens with zero attached hydrogens (tertiary/aromatic N) is 2. The fraction of sp³-hybridized carbons (Fsp3) is 0.182. The highest BCUT2D eigenvalue weighted by Crippen LogP contribution is 2.36. The Hall–Kier alpha value is -2.95. The number of para-hydroxylation sites is 1. The van der Waals surface area contributed by atoms with Crippen LogP contribution in [0.1, 0.15) is 13.8 Å². The number of nitrogens with one attached hydrogen (secondary N) is 1. The number of benzene rings is 1. The van der Waals surface area contributed by atoms with Crippen molar-refractivity contribution in [1.29, 1.82) is 0 Å². The molecule has 10 heteroatoms. The molecular formula is C22H20N4O3S3. The SMILES string of the molecule is CC(C)C(Sc1nc2scc(-c3cccs3)c2c(=O)n1-c1ccccc1)C(=O)NC(N)=O. The number of rotatable bonds is 6. The van der Waals surface area contributed by atoms with Crippen molar-refractivity contribution in [3.63, 3.8) is 0 Å². The second-order valence-corrected chi connectivity index (χ2v) is 10.2. The van der Waals surface area contributed by atoms with Gasteiger partial charge in [0, 0.05) is 15.8 Å². The lowest BCUT2D eigenvalue weighted by Crippen LogP contribution is -2.42. The minimum atomic E-state index is -0.913. The second-order valence-electron chi connectivity index (χ2n) is 7.31. The van der Waals surface area contributed by atoms with Crippen LogP contribution in [0.25, 0.3) is 26.3 Å². The number of urea groups is 1. The molecule has 3 amide bonds. The van der Waals surface area contributed by atoms with Crippen LogP contribution < -0.4 is 16.6 Å². The topological polar surface area (TPSA) is 107 Å². The highest BCUT2D eigenvalue weighted by atomic mass is 32.2. The van der Waals surface area contributed by atoms with Gasteiger partial charge in [0.05, 0.1) is 16.3 Å². The number of thioether (sulfide) groups is 1. The van der Waals surface area contributed by atoms with Gasteiger partial charge in [-0.3, -0.25) is 19.5 Å². The van der Waals surface area contributed by atoms with Crippen molar-refractivity contribution in [2.75, 3.05) is 0 Å². The molecule has 1 unspecified atom stereocenters. The van der Waals surface area contributed by atoms with E-state index in [4.69, 9.17) is 10.7 Å². The molecule has 0 spiro atoms. The Morgan fingerprint density at radius 1 is 1.12 bits per heavy atom. The number of nitrogens with two attached hydrogens (primary N) is 1. The van der Waals surface area contributed by atoms with Gasteiger partial charge in [-0.05, 0) is 29.5 Å². The lowest BCUT2D eigenvalue weighted by molar-refractivity contribution is -0.120. The van der Waals surface area contributed by atoms with Crippen LogP contribution in [0.5, 0.6) is 0 Å². The monoisotopic (exact) mass is 484 g/mol. The number of amides is 3. The molecule has 0 fully saturated rings. The maximum atomic E-state index is 13.8. The molecule has 1 atom stereocenters. The summed E-state index contributed by atoms with van der Waals surface area (Å²) in [6.07, 6.45) is 0. The van der Waals surface area contributed by atoms with Gasteiger partial charge in [0.15, 0.2) is 5.16 Å². The van der Waals surface area contributed by atoms with E-state index in [9.17, 15) is 14.4 Å². The predicted octanol–water partition coefficient (Wildman–Crippen LogP) is 4.49. The van der Waals surface area contributed by atoms with Crippen molar-refractivity contribution in [1.82, 2.24) is 14.9 Å². The molecule has 4 aromatic rings. The first-order valence-corrected chi connectivity index (χ1v) is 12.4. The summed E-state index contributed by atoms with van der Waals surface area (Å²) in [6, 6.07) is 12.2. The third-order valence-electron chi connectivity index (χ3n) is 4.72. The van der Waals surface area contributed by atoms with Gasteiger partial charge in [0.1, 0.15) is 4.83 Å². The number of hydrogen-bond donors (Lipinski definition) is 2. The lowest BCUT2D eigenvalue weighted by Gasteiger charge is -2.20. The minimum absolute atomic E-state index is 0.138. The van der Waals surface area contributed by atoms with Crippen molar-refractivity contribution in [3.8, 4) is 16.1 Å². The van der Waals surface area contributed by atoms with Crippen molar-refractivity contribution in [2.45, 2.75) is 24.3 Å². The fourth-order valence-electron chi connectivity index (χ4n) is 3.27. The molecule has 0 bridgehead atoms. The maximum absolute atomic E-state index is 13.8. The highest BCUT2D eigenvalue weighted by molar-refractivity contribution is 8.00. The Balaban J connectivity index is 1.91. The van der Waals surface area contributed by atoms with Crippen LogP contribution in [-0.2, 0) is 4.79 Å². The van der Waals surface area contributed by atoms with Crippen molar-refractivity contribution in [2.24, 2.45) is 11.7 Å². The first-order valence-electron chi connectivity index (χ1n) is 9.77. The Morgan fingerprint density at radius 2 is 1.88 bits per heavy atom. The van der Waals surface area contributed by atoms with Gasteiger partial charge in [-0.2, -0.15) is 0 Å². The molecule has 7 nitrogen and oxygen atoms in total. The number of imide groups is 1. The number of thiophene rings is 2. The number of carbonyl (C=O) groups is 2. The number of hydrogen-bond acceptors (Lipinski definition) is 7. The molecule has 0 aliphatic rings. The Kier molecular flexibility index (Phi) is 6.45. The normalized spacial score (nSPS) is 12.2. The van der Waals surface area contributed by atoms with E-state index in [0.717, 1.165) is 22.2 Å². The van der Waals surface area contributed by atoms with Crippen molar-refractivity contribution >= 4 is 56.6 Å². The summed E-state index contributed by atoms with van der Waals surface area (Å²) >= 11 is 4.10. The van der Waals surface area contributed by atoms with Gasteiger partial charge in [-0.25, -0.2) is 9.78 Å². The summed E-state index contributed by atoms with van der Waals surface area (Å²) in [4.78, 5) is 44.0. The van der Waals surface area contributed by atoms with Gasteiger partial charge in [-0.15, -0.1) is 22.7 Å². The van der Waals surface area contributed by atoms with E-state index in [2.05, 4.69) is 5.32 Å². The quantitative estimate of drug-likeness (QED) is 0.310. The summed E-state index contributed by atoms with van der Waals surface area (Å²) < 4.78 is 1.53. The zero-order valence-electron chi connectivity index (χ0n) is 17.3. The molecule has 0 aliphatic heterocycles. The first kappa shape index (κ1) is 22.3. The molecule has 32 heavy (non-hydrogen) atoms. The minimum Gasteiger partial charge on any atom is -0.351 e. The number of aromatic nitrogens is 2. The summed E-state index contributed by atoms with van der Waals surface area (Å²) in [5.74, 6) is -0.655. The largest absolute Gasteiger partial charge is 0.351 e. The highest BCUT2D eigenvalue weighted by Gasteiger charge is 2.28. The summed E-state index contributed by atoms with van der Waals surface area (Å²) in [5, 5.41) is 6.32. The summed E-state index contributed by atoms with van der Waals surface area (Å²) in [5.41, 5.74) is 6.44. The molecule has 3 aromatic heterocycles. The first-order chi connectivity index (χ1) is 15.4. The van der Waals surface area contributed by atoms with Gasteiger partial charge in [0.2, 0.25) is 5.91 Å². The van der Waals surface area contributed by atoms with E-state index in [0.29, 0.717) is 21.1 Å². The van der Waals surface area contributed by atoms with E-state index in [-0.39, 0.29) is 11.5 Å². The Labute approximate surface area is 196 Å². The number of primary amides is 1. The zero-order valence-corrected chi connectivity index (χ0v) is 19.7. The van der Waals surface area contributed by atoms with E-state index < -0.39 is 17.2 Å². The third-order valence-corrected chi connectivity index (χ3v) is 7.99. The molecule has 4 rings (SSSR count). The molecular weight excluding hydrogens is 464 g/mol. The smallest absolute Gasteiger partial charge is 0.318 e. The summed E-state index contributed by atoms with van der Waals surface area (Å²) in [7, 11) is 0. The second kappa shape index (κ2) is 9.27. The van der Waals surface area contributed by atoms with E-state index in [1.54, 1.807) is 11.3 Å². The van der Waals surface area contributed by atoms with Crippen LogP contribution in [0.15, 0.2) is 63.2 Å². The van der Waals surface area contributed by atoms with Crippen LogP contribution in [0.2, 0.25) is 0 Å². The summed E-state index contributed by atoms with van der Waals surface area (Å²) in [6.45, 7) is 3.73. The lowest BCUT2D eigenvalue weighted by atomic mass is 10.1. The van der Waals surface area contributed by atoms with Crippen LogP contribution in [0.4, 0.5) is 4.79 Å². The van der Waals surface area contributed by atoms with Crippen LogP contribution in [-0.4, -0.2) is 26.7 Å². The third kappa shape index (κ3) is 4.34. The van der Waals surface area contributed by atoms with Crippen LogP contribution in [0.3, 0.4) is 0 Å². The van der Waals surface area contributed by atoms with Crippen LogP contribution >= 0.6 is 34.4 Å². The standard InChI is InChI=1S/C22H20N4O3S3/c1-12(2)17(18(27)24-21(23)29)32-22-25-19-16(14(11-31-19)15-9-6-10-30-15)20(28)26(22)13-7-4-3-5-8-13/h3-12,17H,1-2H3,(H3,23,24,27,29). The number of fused-ring (bicyclic) bond motifs is 1. The van der Waals surface area contributed by atoms with E-state index >= 15 is 0 Å².